The van der Waals surface area contributed by atoms with Gasteiger partial charge >= 0.3 is 0 Å². The highest BCUT2D eigenvalue weighted by molar-refractivity contribution is 5.95. The number of carbonyl (C=O) groups excluding carboxylic acids is 1. The first-order valence-corrected chi connectivity index (χ1v) is 8.44. The van der Waals surface area contributed by atoms with Crippen molar-refractivity contribution in [2.24, 2.45) is 5.92 Å². The molecule has 1 fully saturated rings. The average Bonchev–Trinajstić information content (AvgIpc) is 2.93. The summed E-state index contributed by atoms with van der Waals surface area (Å²) in [6.07, 6.45) is 2.75. The van der Waals surface area contributed by atoms with Crippen molar-refractivity contribution in [3.8, 4) is 5.75 Å². The Labute approximate surface area is 138 Å². The van der Waals surface area contributed by atoms with E-state index in [1.165, 1.54) is 0 Å². The van der Waals surface area contributed by atoms with Crippen molar-refractivity contribution in [3.63, 3.8) is 0 Å². The van der Waals surface area contributed by atoms with Gasteiger partial charge in [0.25, 0.3) is 0 Å². The fraction of sp³-hybridized carbons (Fsp3) is 0.611. The van der Waals surface area contributed by atoms with Crippen LogP contribution in [0.1, 0.15) is 33.1 Å². The smallest absolute Gasteiger partial charge is 0.241 e. The van der Waals surface area contributed by atoms with Crippen LogP contribution in [0.5, 0.6) is 5.75 Å². The van der Waals surface area contributed by atoms with Crippen molar-refractivity contribution in [2.45, 2.75) is 45.3 Å². The number of aliphatic hydroxyl groups is 1. The normalized spacial score (nSPS) is 22.1. The molecule has 0 heterocycles. The number of carbonyl (C=O) groups is 1. The van der Waals surface area contributed by atoms with E-state index in [9.17, 15) is 9.90 Å². The summed E-state index contributed by atoms with van der Waals surface area (Å²) in [7, 11) is 1.93. The molecule has 0 saturated heterocycles. The molecular formula is C18H28N2O3. The molecule has 2 rings (SSSR count). The maximum Gasteiger partial charge on any atom is 0.241 e. The van der Waals surface area contributed by atoms with Gasteiger partial charge in [-0.25, -0.2) is 0 Å². The van der Waals surface area contributed by atoms with Crippen molar-refractivity contribution in [2.75, 3.05) is 25.5 Å². The molecule has 0 aromatic heterocycles. The van der Waals surface area contributed by atoms with Crippen LogP contribution in [0, 0.1) is 5.92 Å². The monoisotopic (exact) mass is 320 g/mol. The Bertz CT molecular complexity index is 521. The molecule has 23 heavy (non-hydrogen) atoms. The van der Waals surface area contributed by atoms with Gasteiger partial charge in [-0.1, -0.05) is 18.6 Å². The summed E-state index contributed by atoms with van der Waals surface area (Å²) < 4.78 is 5.54. The summed E-state index contributed by atoms with van der Waals surface area (Å²) in [6.45, 7) is 5.10. The van der Waals surface area contributed by atoms with Crippen LogP contribution in [0.2, 0.25) is 0 Å². The van der Waals surface area contributed by atoms with Crippen LogP contribution in [0.3, 0.4) is 0 Å². The fourth-order valence-corrected chi connectivity index (χ4v) is 3.05. The zero-order chi connectivity index (χ0) is 16.8. The molecular weight excluding hydrogens is 292 g/mol. The van der Waals surface area contributed by atoms with E-state index in [1.54, 1.807) is 0 Å². The van der Waals surface area contributed by atoms with Crippen molar-refractivity contribution < 1.29 is 14.6 Å². The van der Waals surface area contributed by atoms with Gasteiger partial charge in [-0.3, -0.25) is 9.69 Å². The second-order valence-corrected chi connectivity index (χ2v) is 6.29. The van der Waals surface area contributed by atoms with Gasteiger partial charge in [0, 0.05) is 6.54 Å². The topological polar surface area (TPSA) is 61.8 Å². The third-order valence-corrected chi connectivity index (χ3v) is 4.63. The molecule has 0 aliphatic heterocycles. The van der Waals surface area contributed by atoms with E-state index in [-0.39, 0.29) is 24.0 Å². The summed E-state index contributed by atoms with van der Waals surface area (Å²) in [5.74, 6) is 0.891. The van der Waals surface area contributed by atoms with Gasteiger partial charge in [0.1, 0.15) is 5.75 Å². The van der Waals surface area contributed by atoms with E-state index in [0.29, 0.717) is 18.0 Å². The third kappa shape index (κ3) is 4.69. The van der Waals surface area contributed by atoms with E-state index >= 15 is 0 Å². The van der Waals surface area contributed by atoms with Crippen LogP contribution in [-0.4, -0.2) is 48.3 Å². The molecule has 5 nitrogen and oxygen atoms in total. The minimum atomic E-state index is -0.266. The number of para-hydroxylation sites is 2. The second kappa shape index (κ2) is 8.31. The molecule has 1 aromatic rings. The molecule has 2 N–H and O–H groups in total. The van der Waals surface area contributed by atoms with E-state index in [0.717, 1.165) is 25.8 Å². The van der Waals surface area contributed by atoms with Crippen LogP contribution < -0.4 is 10.1 Å². The predicted octanol–water partition coefficient (Wildman–Crippen LogP) is 2.51. The molecule has 1 saturated carbocycles. The molecule has 1 aliphatic rings. The van der Waals surface area contributed by atoms with Crippen molar-refractivity contribution in [3.05, 3.63) is 24.3 Å². The number of hydrogen-bond acceptors (Lipinski definition) is 4. The van der Waals surface area contributed by atoms with E-state index < -0.39 is 0 Å². The number of nitrogens with zero attached hydrogens (tertiary/aromatic N) is 1. The van der Waals surface area contributed by atoms with Gasteiger partial charge in [-0.05, 0) is 51.8 Å². The van der Waals surface area contributed by atoms with Crippen molar-refractivity contribution >= 4 is 11.6 Å². The van der Waals surface area contributed by atoms with Crippen LogP contribution in [-0.2, 0) is 4.79 Å². The maximum absolute atomic E-state index is 12.5. The molecule has 128 valence electrons. The van der Waals surface area contributed by atoms with E-state index in [2.05, 4.69) is 5.32 Å². The summed E-state index contributed by atoms with van der Waals surface area (Å²) in [5.41, 5.74) is 0.695. The Morgan fingerprint density at radius 3 is 2.83 bits per heavy atom. The fourth-order valence-electron chi connectivity index (χ4n) is 3.05. The number of aliphatic hydroxyl groups excluding tert-OH is 1. The van der Waals surface area contributed by atoms with Gasteiger partial charge in [0.15, 0.2) is 0 Å². The van der Waals surface area contributed by atoms with Gasteiger partial charge in [0.05, 0.1) is 24.4 Å². The molecule has 3 unspecified atom stereocenters. The van der Waals surface area contributed by atoms with E-state index in [1.807, 2.05) is 50.1 Å². The molecule has 0 radical (unpaired) electrons. The van der Waals surface area contributed by atoms with Gasteiger partial charge in [0.2, 0.25) is 5.91 Å². The largest absolute Gasteiger partial charge is 0.492 e. The van der Waals surface area contributed by atoms with E-state index in [4.69, 9.17) is 4.74 Å². The predicted molar refractivity (Wildman–Crippen MR) is 91.7 cm³/mol. The third-order valence-electron chi connectivity index (χ3n) is 4.63. The number of likely N-dealkylation sites (N-methyl/N-ethyl adjacent to an activating group) is 1. The Hall–Kier alpha value is -1.59. The Morgan fingerprint density at radius 2 is 2.17 bits per heavy atom. The van der Waals surface area contributed by atoms with Crippen LogP contribution in [0.25, 0.3) is 0 Å². The van der Waals surface area contributed by atoms with Crippen LogP contribution in [0.4, 0.5) is 5.69 Å². The Morgan fingerprint density at radius 1 is 1.43 bits per heavy atom. The summed E-state index contributed by atoms with van der Waals surface area (Å²) in [4.78, 5) is 14.5. The summed E-state index contributed by atoms with van der Waals surface area (Å²) >= 11 is 0. The molecule has 3 atom stereocenters. The highest BCUT2D eigenvalue weighted by Gasteiger charge is 2.29. The van der Waals surface area contributed by atoms with Gasteiger partial charge in [-0.15, -0.1) is 0 Å². The number of benzene rings is 1. The quantitative estimate of drug-likeness (QED) is 0.810. The van der Waals surface area contributed by atoms with Gasteiger partial charge < -0.3 is 15.2 Å². The molecule has 0 bridgehead atoms. The lowest BCUT2D eigenvalue weighted by molar-refractivity contribution is -0.120. The second-order valence-electron chi connectivity index (χ2n) is 6.29. The average molecular weight is 320 g/mol. The maximum atomic E-state index is 12.5. The lowest BCUT2D eigenvalue weighted by Crippen LogP contribution is -2.43. The van der Waals surface area contributed by atoms with Crippen molar-refractivity contribution in [1.29, 1.82) is 0 Å². The Kier molecular flexibility index (Phi) is 6.42. The Balaban J connectivity index is 1.94. The number of rotatable bonds is 7. The zero-order valence-electron chi connectivity index (χ0n) is 14.3. The number of amides is 1. The molecule has 5 heteroatoms. The summed E-state index contributed by atoms with van der Waals surface area (Å²) in [6, 6.07) is 7.19. The highest BCUT2D eigenvalue weighted by atomic mass is 16.5. The molecule has 1 aliphatic carbocycles. The lowest BCUT2D eigenvalue weighted by Gasteiger charge is -2.28. The van der Waals surface area contributed by atoms with Gasteiger partial charge in [-0.2, -0.15) is 0 Å². The standard InChI is InChI=1S/C18H28N2O3/c1-4-23-17-11-6-5-9-15(17)19-18(22)13(2)20(3)12-14-8-7-10-16(14)21/h5-6,9,11,13-14,16,21H,4,7-8,10,12H2,1-3H3,(H,19,22). The number of nitrogens with one attached hydrogen (secondary N) is 1. The number of anilines is 1. The highest BCUT2D eigenvalue weighted by Crippen LogP contribution is 2.27. The number of hydrogen-bond donors (Lipinski definition) is 2. The minimum absolute atomic E-state index is 0.0628. The molecule has 1 amide bonds. The van der Waals surface area contributed by atoms with Crippen LogP contribution in [0.15, 0.2) is 24.3 Å². The SMILES string of the molecule is CCOc1ccccc1NC(=O)C(C)N(C)CC1CCCC1O. The summed E-state index contributed by atoms with van der Waals surface area (Å²) in [5, 5.41) is 12.9. The first-order chi connectivity index (χ1) is 11.0. The molecule has 1 aromatic carbocycles. The first-order valence-electron chi connectivity index (χ1n) is 8.44. The zero-order valence-corrected chi connectivity index (χ0v) is 14.3. The molecule has 0 spiro atoms. The lowest BCUT2D eigenvalue weighted by atomic mass is 10.0. The number of ether oxygens (including phenoxy) is 1. The van der Waals surface area contributed by atoms with Crippen molar-refractivity contribution in [1.82, 2.24) is 4.90 Å². The van der Waals surface area contributed by atoms with Crippen LogP contribution >= 0.6 is 0 Å². The first kappa shape index (κ1) is 17.8. The minimum Gasteiger partial charge on any atom is -0.492 e.